The SMILES string of the molecule is C=CCOC(=O)[C@H]1C[C@@H]2O[C@H]2C[C@@H]1C(=O)OCC=C. The van der Waals surface area contributed by atoms with Crippen LogP contribution in [0.25, 0.3) is 0 Å². The van der Waals surface area contributed by atoms with Gasteiger partial charge < -0.3 is 14.2 Å². The molecule has 5 nitrogen and oxygen atoms in total. The predicted molar refractivity (Wildman–Crippen MR) is 67.2 cm³/mol. The minimum atomic E-state index is -0.485. The monoisotopic (exact) mass is 266 g/mol. The zero-order valence-corrected chi connectivity index (χ0v) is 10.7. The van der Waals surface area contributed by atoms with Crippen molar-refractivity contribution in [2.75, 3.05) is 13.2 Å². The van der Waals surface area contributed by atoms with E-state index < -0.39 is 11.8 Å². The minimum Gasteiger partial charge on any atom is -0.461 e. The molecule has 1 aliphatic carbocycles. The molecular formula is C14H18O5. The molecule has 1 aliphatic heterocycles. The van der Waals surface area contributed by atoms with Gasteiger partial charge in [0, 0.05) is 0 Å². The molecule has 2 rings (SSSR count). The fourth-order valence-corrected chi connectivity index (χ4v) is 2.44. The van der Waals surface area contributed by atoms with E-state index in [1.165, 1.54) is 12.2 Å². The van der Waals surface area contributed by atoms with Gasteiger partial charge in [-0.15, -0.1) is 0 Å². The Morgan fingerprint density at radius 3 is 1.79 bits per heavy atom. The highest BCUT2D eigenvalue weighted by Crippen LogP contribution is 2.43. The molecule has 1 saturated carbocycles. The lowest BCUT2D eigenvalue weighted by atomic mass is 9.79. The second-order valence-electron chi connectivity index (χ2n) is 4.73. The molecule has 0 bridgehead atoms. The van der Waals surface area contributed by atoms with Crippen LogP contribution in [-0.2, 0) is 23.8 Å². The maximum Gasteiger partial charge on any atom is 0.310 e. The number of esters is 2. The molecule has 4 atom stereocenters. The van der Waals surface area contributed by atoms with Crippen LogP contribution in [0.3, 0.4) is 0 Å². The predicted octanol–water partition coefficient (Wildman–Crippen LogP) is 1.24. The van der Waals surface area contributed by atoms with Gasteiger partial charge in [0.15, 0.2) is 0 Å². The van der Waals surface area contributed by atoms with Gasteiger partial charge in [0.25, 0.3) is 0 Å². The van der Waals surface area contributed by atoms with Gasteiger partial charge in [0.05, 0.1) is 24.0 Å². The fourth-order valence-electron chi connectivity index (χ4n) is 2.44. The molecule has 5 heteroatoms. The summed E-state index contributed by atoms with van der Waals surface area (Å²) in [4.78, 5) is 23.9. The number of fused-ring (bicyclic) bond motifs is 1. The van der Waals surface area contributed by atoms with E-state index in [2.05, 4.69) is 13.2 Å². The first kappa shape index (κ1) is 13.8. The van der Waals surface area contributed by atoms with Crippen molar-refractivity contribution in [1.82, 2.24) is 0 Å². The summed E-state index contributed by atoms with van der Waals surface area (Å²) in [6, 6.07) is 0. The summed E-state index contributed by atoms with van der Waals surface area (Å²) in [5.41, 5.74) is 0. The second-order valence-corrected chi connectivity index (χ2v) is 4.73. The van der Waals surface area contributed by atoms with E-state index in [1.54, 1.807) is 0 Å². The maximum absolute atomic E-state index is 12.0. The van der Waals surface area contributed by atoms with Crippen molar-refractivity contribution in [2.45, 2.75) is 25.0 Å². The minimum absolute atomic E-state index is 0.0877. The molecule has 0 aromatic heterocycles. The molecule has 104 valence electrons. The van der Waals surface area contributed by atoms with Crippen LogP contribution in [0, 0.1) is 11.8 Å². The van der Waals surface area contributed by atoms with Crippen LogP contribution in [0.5, 0.6) is 0 Å². The second kappa shape index (κ2) is 6.02. The molecule has 1 heterocycles. The molecule has 1 saturated heterocycles. The zero-order chi connectivity index (χ0) is 13.8. The quantitative estimate of drug-likeness (QED) is 0.411. The average molecular weight is 266 g/mol. The first-order valence-electron chi connectivity index (χ1n) is 6.38. The van der Waals surface area contributed by atoms with Gasteiger partial charge in [0.2, 0.25) is 0 Å². The Bertz CT molecular complexity index is 353. The van der Waals surface area contributed by atoms with E-state index >= 15 is 0 Å². The van der Waals surface area contributed by atoms with Crippen LogP contribution >= 0.6 is 0 Å². The third-order valence-corrected chi connectivity index (χ3v) is 3.44. The van der Waals surface area contributed by atoms with Gasteiger partial charge >= 0.3 is 11.9 Å². The zero-order valence-electron chi connectivity index (χ0n) is 10.7. The number of carbonyl (C=O) groups excluding carboxylic acids is 2. The summed E-state index contributed by atoms with van der Waals surface area (Å²) in [5, 5.41) is 0. The van der Waals surface area contributed by atoms with E-state index in [9.17, 15) is 9.59 Å². The Kier molecular flexibility index (Phi) is 4.37. The highest BCUT2D eigenvalue weighted by molar-refractivity contribution is 5.82. The van der Waals surface area contributed by atoms with E-state index in [-0.39, 0.29) is 37.4 Å². The molecule has 0 aromatic carbocycles. The summed E-state index contributed by atoms with van der Waals surface area (Å²) < 4.78 is 15.5. The number of epoxide rings is 1. The van der Waals surface area contributed by atoms with Crippen molar-refractivity contribution in [3.8, 4) is 0 Å². The van der Waals surface area contributed by atoms with Crippen molar-refractivity contribution >= 4 is 11.9 Å². The van der Waals surface area contributed by atoms with Crippen LogP contribution < -0.4 is 0 Å². The first-order chi connectivity index (χ1) is 9.17. The number of ether oxygens (including phenoxy) is 3. The third kappa shape index (κ3) is 3.23. The van der Waals surface area contributed by atoms with Gasteiger partial charge in [-0.2, -0.15) is 0 Å². The lowest BCUT2D eigenvalue weighted by Crippen LogP contribution is -2.37. The van der Waals surface area contributed by atoms with Crippen LogP contribution in [0.15, 0.2) is 25.3 Å². The number of carbonyl (C=O) groups is 2. The number of rotatable bonds is 6. The molecule has 0 radical (unpaired) electrons. The third-order valence-electron chi connectivity index (χ3n) is 3.44. The smallest absolute Gasteiger partial charge is 0.310 e. The fraction of sp³-hybridized carbons (Fsp3) is 0.571. The van der Waals surface area contributed by atoms with Crippen molar-refractivity contribution < 1.29 is 23.8 Å². The van der Waals surface area contributed by atoms with E-state index in [1.807, 2.05) is 0 Å². The molecule has 2 fully saturated rings. The summed E-state index contributed by atoms with van der Waals surface area (Å²) in [6.45, 7) is 7.28. The normalized spacial score (nSPS) is 31.8. The standard InChI is InChI=1S/C14H18O5/c1-3-5-17-13(15)9-7-11-12(19-11)8-10(9)14(16)18-6-4-2/h3-4,9-12H,1-2,5-8H2/t9-,10-,11-,12-/m0/s1. The Morgan fingerprint density at radius 2 is 1.42 bits per heavy atom. The highest BCUT2D eigenvalue weighted by Gasteiger charge is 2.53. The van der Waals surface area contributed by atoms with Gasteiger partial charge in [-0.1, -0.05) is 25.3 Å². The van der Waals surface area contributed by atoms with Crippen LogP contribution in [0.4, 0.5) is 0 Å². The maximum atomic E-state index is 12.0. The number of hydrogen-bond acceptors (Lipinski definition) is 5. The molecule has 0 N–H and O–H groups in total. The summed E-state index contributed by atoms with van der Waals surface area (Å²) in [7, 11) is 0. The van der Waals surface area contributed by atoms with Crippen LogP contribution in [-0.4, -0.2) is 37.4 Å². The average Bonchev–Trinajstić information content (AvgIpc) is 3.18. The summed E-state index contributed by atoms with van der Waals surface area (Å²) in [5.74, 6) is -1.73. The van der Waals surface area contributed by atoms with Gasteiger partial charge in [-0.05, 0) is 12.8 Å². The van der Waals surface area contributed by atoms with Crippen LogP contribution in [0.2, 0.25) is 0 Å². The van der Waals surface area contributed by atoms with E-state index in [0.717, 1.165) is 0 Å². The van der Waals surface area contributed by atoms with Gasteiger partial charge in [-0.3, -0.25) is 9.59 Å². The van der Waals surface area contributed by atoms with Crippen molar-refractivity contribution in [3.63, 3.8) is 0 Å². The Morgan fingerprint density at radius 1 is 1.00 bits per heavy atom. The molecule has 0 unspecified atom stereocenters. The first-order valence-corrected chi connectivity index (χ1v) is 6.38. The van der Waals surface area contributed by atoms with Gasteiger partial charge in [-0.25, -0.2) is 0 Å². The molecule has 0 aromatic rings. The van der Waals surface area contributed by atoms with Crippen LogP contribution in [0.1, 0.15) is 12.8 Å². The molecule has 19 heavy (non-hydrogen) atoms. The van der Waals surface area contributed by atoms with Crippen molar-refractivity contribution in [2.24, 2.45) is 11.8 Å². The topological polar surface area (TPSA) is 65.1 Å². The largest absolute Gasteiger partial charge is 0.461 e. The molecule has 0 spiro atoms. The summed E-state index contributed by atoms with van der Waals surface area (Å²) in [6.07, 6.45) is 4.22. The lowest BCUT2D eigenvalue weighted by molar-refractivity contribution is -0.160. The molecular weight excluding hydrogens is 248 g/mol. The molecule has 2 aliphatic rings. The van der Waals surface area contributed by atoms with Gasteiger partial charge in [0.1, 0.15) is 13.2 Å². The van der Waals surface area contributed by atoms with Crippen molar-refractivity contribution in [3.05, 3.63) is 25.3 Å². The van der Waals surface area contributed by atoms with E-state index in [0.29, 0.717) is 12.8 Å². The highest BCUT2D eigenvalue weighted by atomic mass is 16.6. The lowest BCUT2D eigenvalue weighted by Gasteiger charge is -2.25. The van der Waals surface area contributed by atoms with Crippen molar-refractivity contribution in [1.29, 1.82) is 0 Å². The summed E-state index contributed by atoms with van der Waals surface area (Å²) >= 11 is 0. The van der Waals surface area contributed by atoms with E-state index in [4.69, 9.17) is 14.2 Å². The molecule has 0 amide bonds. The Balaban J connectivity index is 1.99. The number of hydrogen-bond donors (Lipinski definition) is 0. The Labute approximate surface area is 112 Å². The Hall–Kier alpha value is -1.62.